The van der Waals surface area contributed by atoms with Crippen molar-refractivity contribution in [3.05, 3.63) is 29.8 Å². The number of anilines is 1. The van der Waals surface area contributed by atoms with Gasteiger partial charge in [0.1, 0.15) is 6.29 Å². The van der Waals surface area contributed by atoms with Crippen molar-refractivity contribution in [1.29, 1.82) is 5.26 Å². The fraction of sp³-hybridized carbons (Fsp3) is 0.619. The van der Waals surface area contributed by atoms with Gasteiger partial charge in [-0.2, -0.15) is 5.26 Å². The van der Waals surface area contributed by atoms with E-state index in [1.54, 1.807) is 0 Å². The van der Waals surface area contributed by atoms with Crippen LogP contribution in [-0.4, -0.2) is 32.0 Å². The molecule has 0 amide bonds. The summed E-state index contributed by atoms with van der Waals surface area (Å²) in [5, 5.41) is 12.6. The van der Waals surface area contributed by atoms with Crippen LogP contribution in [-0.2, 0) is 4.79 Å². The number of carbonyl (C=O) groups is 1. The van der Waals surface area contributed by atoms with Gasteiger partial charge in [-0.3, -0.25) is 0 Å². The predicted octanol–water partition coefficient (Wildman–Crippen LogP) is 3.66. The molecule has 0 spiro atoms. The second-order valence-corrected chi connectivity index (χ2v) is 7.70. The van der Waals surface area contributed by atoms with Crippen molar-refractivity contribution < 1.29 is 4.79 Å². The van der Waals surface area contributed by atoms with Gasteiger partial charge in [0.15, 0.2) is 0 Å². The maximum atomic E-state index is 11.9. The van der Waals surface area contributed by atoms with Gasteiger partial charge >= 0.3 is 0 Å². The summed E-state index contributed by atoms with van der Waals surface area (Å²) in [4.78, 5) is 14.2. The van der Waals surface area contributed by atoms with Crippen LogP contribution in [0.4, 0.5) is 5.69 Å². The molecule has 0 radical (unpaired) electrons. The quantitative estimate of drug-likeness (QED) is 0.804. The maximum absolute atomic E-state index is 11.9. The molecule has 1 aliphatic carbocycles. The van der Waals surface area contributed by atoms with Gasteiger partial charge in [-0.15, -0.1) is 0 Å². The smallest absolute Gasteiger partial charge is 0.127 e. The first-order valence-corrected chi connectivity index (χ1v) is 9.69. The first-order valence-electron chi connectivity index (χ1n) is 9.69. The highest BCUT2D eigenvalue weighted by Gasteiger charge is 2.35. The van der Waals surface area contributed by atoms with Crippen LogP contribution in [0.1, 0.15) is 56.9 Å². The Morgan fingerprint density at radius 1 is 1.20 bits per heavy atom. The van der Waals surface area contributed by atoms with Gasteiger partial charge in [-0.1, -0.05) is 19.3 Å². The molecule has 3 rings (SSSR count). The first kappa shape index (κ1) is 17.9. The molecule has 2 fully saturated rings. The van der Waals surface area contributed by atoms with Crippen molar-refractivity contribution in [2.75, 3.05) is 24.5 Å². The highest BCUT2D eigenvalue weighted by atomic mass is 16.1. The summed E-state index contributed by atoms with van der Waals surface area (Å²) in [6.07, 6.45) is 10.8. The molecule has 4 nitrogen and oxygen atoms in total. The molecule has 1 aromatic carbocycles. The minimum absolute atomic E-state index is 0.242. The van der Waals surface area contributed by atoms with E-state index in [-0.39, 0.29) is 5.41 Å². The molecule has 25 heavy (non-hydrogen) atoms. The lowest BCUT2D eigenvalue weighted by Gasteiger charge is -2.41. The molecular formula is C21H29N3O. The summed E-state index contributed by atoms with van der Waals surface area (Å²) in [6, 6.07) is 10.5. The highest BCUT2D eigenvalue weighted by Crippen LogP contribution is 2.34. The molecule has 0 bridgehead atoms. The standard InChI is InChI=1S/C21H29N3O/c22-15-18-7-9-20(10-8-18)24-14-4-11-21(16-24,17-25)12-13-23-19-5-2-1-3-6-19/h7-10,17,19,23H,1-6,11-14,16H2. The minimum atomic E-state index is -0.242. The van der Waals surface area contributed by atoms with E-state index in [1.165, 1.54) is 38.4 Å². The number of hydrogen-bond donors (Lipinski definition) is 1. The van der Waals surface area contributed by atoms with E-state index < -0.39 is 0 Å². The normalized spacial score (nSPS) is 24.7. The molecule has 1 aromatic rings. The van der Waals surface area contributed by atoms with E-state index in [9.17, 15) is 4.79 Å². The molecule has 4 heteroatoms. The number of nitrogens with one attached hydrogen (secondary N) is 1. The number of carbonyl (C=O) groups excluding carboxylic acids is 1. The van der Waals surface area contributed by atoms with E-state index in [0.29, 0.717) is 11.6 Å². The van der Waals surface area contributed by atoms with Crippen molar-refractivity contribution in [3.8, 4) is 6.07 Å². The Morgan fingerprint density at radius 2 is 1.96 bits per heavy atom. The van der Waals surface area contributed by atoms with Crippen molar-refractivity contribution in [1.82, 2.24) is 5.32 Å². The zero-order valence-corrected chi connectivity index (χ0v) is 15.0. The Hall–Kier alpha value is -1.86. The molecule has 1 unspecified atom stereocenters. The van der Waals surface area contributed by atoms with Crippen LogP contribution >= 0.6 is 0 Å². The fourth-order valence-electron chi connectivity index (χ4n) is 4.32. The average Bonchev–Trinajstić information content (AvgIpc) is 2.69. The van der Waals surface area contributed by atoms with Gasteiger partial charge in [0.2, 0.25) is 0 Å². The average molecular weight is 339 g/mol. The fourth-order valence-corrected chi connectivity index (χ4v) is 4.32. The number of nitrogens with zero attached hydrogens (tertiary/aromatic N) is 2. The van der Waals surface area contributed by atoms with E-state index in [0.717, 1.165) is 44.6 Å². The molecule has 1 saturated heterocycles. The van der Waals surface area contributed by atoms with Crippen molar-refractivity contribution in [3.63, 3.8) is 0 Å². The van der Waals surface area contributed by atoms with E-state index >= 15 is 0 Å². The molecule has 2 aliphatic rings. The van der Waals surface area contributed by atoms with Crippen molar-refractivity contribution in [2.24, 2.45) is 5.41 Å². The predicted molar refractivity (Wildman–Crippen MR) is 101 cm³/mol. The van der Waals surface area contributed by atoms with Crippen LogP contribution in [0.15, 0.2) is 24.3 Å². The maximum Gasteiger partial charge on any atom is 0.127 e. The highest BCUT2D eigenvalue weighted by molar-refractivity contribution is 5.63. The lowest BCUT2D eigenvalue weighted by molar-refractivity contribution is -0.117. The van der Waals surface area contributed by atoms with Gasteiger partial charge in [0.25, 0.3) is 0 Å². The van der Waals surface area contributed by atoms with Gasteiger partial charge in [-0.05, 0) is 62.9 Å². The summed E-state index contributed by atoms with van der Waals surface area (Å²) >= 11 is 0. The molecular weight excluding hydrogens is 310 g/mol. The lowest BCUT2D eigenvalue weighted by Crippen LogP contribution is -2.46. The summed E-state index contributed by atoms with van der Waals surface area (Å²) in [6.45, 7) is 2.71. The van der Waals surface area contributed by atoms with E-state index in [1.807, 2.05) is 24.3 Å². The van der Waals surface area contributed by atoms with Crippen LogP contribution in [0, 0.1) is 16.7 Å². The number of hydrogen-bond acceptors (Lipinski definition) is 4. The third-order valence-electron chi connectivity index (χ3n) is 5.88. The Bertz CT molecular complexity index is 601. The Morgan fingerprint density at radius 3 is 2.64 bits per heavy atom. The third-order valence-corrected chi connectivity index (χ3v) is 5.88. The second kappa shape index (κ2) is 8.49. The van der Waals surface area contributed by atoms with Crippen LogP contribution < -0.4 is 10.2 Å². The number of rotatable bonds is 6. The van der Waals surface area contributed by atoms with Crippen molar-refractivity contribution in [2.45, 2.75) is 57.4 Å². The van der Waals surface area contributed by atoms with Gasteiger partial charge in [-0.25, -0.2) is 0 Å². The van der Waals surface area contributed by atoms with Crippen LogP contribution in [0.25, 0.3) is 0 Å². The van der Waals surface area contributed by atoms with Crippen LogP contribution in [0.5, 0.6) is 0 Å². The minimum Gasteiger partial charge on any atom is -0.371 e. The molecule has 1 saturated carbocycles. The Balaban J connectivity index is 1.58. The lowest BCUT2D eigenvalue weighted by atomic mass is 9.78. The SMILES string of the molecule is N#Cc1ccc(N2CCCC(C=O)(CCNC3CCCCC3)C2)cc1. The van der Waals surface area contributed by atoms with Gasteiger partial charge in [0, 0.05) is 30.2 Å². The second-order valence-electron chi connectivity index (χ2n) is 7.70. The van der Waals surface area contributed by atoms with E-state index in [4.69, 9.17) is 5.26 Å². The number of piperidine rings is 1. The summed E-state index contributed by atoms with van der Waals surface area (Å²) in [5.74, 6) is 0. The third kappa shape index (κ3) is 4.61. The van der Waals surface area contributed by atoms with Crippen LogP contribution in [0.3, 0.4) is 0 Å². The molecule has 1 aliphatic heterocycles. The van der Waals surface area contributed by atoms with E-state index in [2.05, 4.69) is 16.3 Å². The summed E-state index contributed by atoms with van der Waals surface area (Å²) in [7, 11) is 0. The summed E-state index contributed by atoms with van der Waals surface area (Å²) < 4.78 is 0. The van der Waals surface area contributed by atoms with Crippen LogP contribution in [0.2, 0.25) is 0 Å². The molecule has 134 valence electrons. The van der Waals surface area contributed by atoms with Crippen molar-refractivity contribution >= 4 is 12.0 Å². The Kier molecular flexibility index (Phi) is 6.09. The molecule has 1 heterocycles. The summed E-state index contributed by atoms with van der Waals surface area (Å²) in [5.41, 5.74) is 1.55. The molecule has 0 aromatic heterocycles. The topological polar surface area (TPSA) is 56.1 Å². The van der Waals surface area contributed by atoms with Gasteiger partial charge in [0.05, 0.1) is 11.6 Å². The number of benzene rings is 1. The number of nitriles is 1. The zero-order valence-electron chi connectivity index (χ0n) is 15.0. The Labute approximate surface area is 151 Å². The zero-order chi connectivity index (χ0) is 17.5. The largest absolute Gasteiger partial charge is 0.371 e. The monoisotopic (exact) mass is 339 g/mol. The van der Waals surface area contributed by atoms with Gasteiger partial charge < -0.3 is 15.0 Å². The molecule has 1 N–H and O–H groups in total. The molecule has 1 atom stereocenters. The first-order chi connectivity index (χ1) is 12.2. The number of aldehydes is 1.